The minimum absolute atomic E-state index is 0.0975. The quantitative estimate of drug-likeness (QED) is 0.617. The number of nitrogens with one attached hydrogen (secondary N) is 1. The molecule has 1 aromatic rings. The summed E-state index contributed by atoms with van der Waals surface area (Å²) in [6.07, 6.45) is 5.12. The molecule has 0 radical (unpaired) electrons. The van der Waals surface area contributed by atoms with Crippen molar-refractivity contribution in [3.8, 4) is 5.75 Å². The average molecular weight is 290 g/mol. The van der Waals surface area contributed by atoms with Crippen molar-refractivity contribution in [3.63, 3.8) is 0 Å². The van der Waals surface area contributed by atoms with Crippen LogP contribution in [0.25, 0.3) is 0 Å². The highest BCUT2D eigenvalue weighted by Gasteiger charge is 2.18. The molecule has 21 heavy (non-hydrogen) atoms. The van der Waals surface area contributed by atoms with Crippen LogP contribution in [0.5, 0.6) is 5.75 Å². The van der Waals surface area contributed by atoms with Gasteiger partial charge in [0.25, 0.3) is 0 Å². The van der Waals surface area contributed by atoms with Crippen LogP contribution in [0.1, 0.15) is 49.9 Å². The highest BCUT2D eigenvalue weighted by molar-refractivity contribution is 5.94. The number of carbonyl (C=O) groups is 1. The molecule has 0 bridgehead atoms. The van der Waals surface area contributed by atoms with E-state index >= 15 is 0 Å². The molecule has 0 saturated carbocycles. The van der Waals surface area contributed by atoms with Gasteiger partial charge in [0.2, 0.25) is 0 Å². The first-order valence-electron chi connectivity index (χ1n) is 8.22. The van der Waals surface area contributed by atoms with Gasteiger partial charge in [-0.1, -0.05) is 6.92 Å². The van der Waals surface area contributed by atoms with Gasteiger partial charge in [-0.05, 0) is 56.9 Å². The fourth-order valence-electron chi connectivity index (χ4n) is 3.08. The summed E-state index contributed by atoms with van der Waals surface area (Å²) in [6.45, 7) is 8.68. The normalized spacial score (nSPS) is 22.0. The topological polar surface area (TPSA) is 30.7 Å². The standard InChI is InChI=1S/C18H27NO2/c1-15-6-5-12-19(14-15)11-3-4-13-21-18-9-7-17(8-10-18)16(2)20/h7-10,15H,3-6,11-14H2,1-2H3/p+1/t15-/m1/s1. The fraction of sp³-hybridized carbons (Fsp3) is 0.611. The van der Waals surface area contributed by atoms with Gasteiger partial charge in [0.15, 0.2) is 5.78 Å². The van der Waals surface area contributed by atoms with Crippen molar-refractivity contribution in [1.82, 2.24) is 0 Å². The van der Waals surface area contributed by atoms with Crippen LogP contribution >= 0.6 is 0 Å². The highest BCUT2D eigenvalue weighted by atomic mass is 16.5. The molecular weight excluding hydrogens is 262 g/mol. The van der Waals surface area contributed by atoms with Crippen LogP contribution in [0, 0.1) is 5.92 Å². The summed E-state index contributed by atoms with van der Waals surface area (Å²) in [4.78, 5) is 12.9. The van der Waals surface area contributed by atoms with Gasteiger partial charge in [-0.15, -0.1) is 0 Å². The molecule has 1 unspecified atom stereocenters. The molecule has 1 heterocycles. The summed E-state index contributed by atoms with van der Waals surface area (Å²) in [7, 11) is 0. The van der Waals surface area contributed by atoms with Crippen LogP contribution in [-0.4, -0.2) is 32.0 Å². The number of unbranched alkanes of at least 4 members (excludes halogenated alkanes) is 1. The Bertz CT molecular complexity index is 441. The lowest BCUT2D eigenvalue weighted by Gasteiger charge is -2.27. The third kappa shape index (κ3) is 5.50. The highest BCUT2D eigenvalue weighted by Crippen LogP contribution is 2.13. The maximum atomic E-state index is 11.2. The summed E-state index contributed by atoms with van der Waals surface area (Å²) in [6, 6.07) is 7.43. The number of likely N-dealkylation sites (tertiary alicyclic amines) is 1. The van der Waals surface area contributed by atoms with E-state index in [2.05, 4.69) is 6.92 Å². The largest absolute Gasteiger partial charge is 0.494 e. The number of ether oxygens (including phenoxy) is 1. The zero-order chi connectivity index (χ0) is 15.1. The van der Waals surface area contributed by atoms with E-state index in [1.54, 1.807) is 11.8 Å². The third-order valence-electron chi connectivity index (χ3n) is 4.32. The predicted octanol–water partition coefficient (Wildman–Crippen LogP) is 2.36. The second-order valence-electron chi connectivity index (χ2n) is 6.34. The Morgan fingerprint density at radius 1 is 1.29 bits per heavy atom. The zero-order valence-electron chi connectivity index (χ0n) is 13.4. The summed E-state index contributed by atoms with van der Waals surface area (Å²) in [5.41, 5.74) is 0.741. The molecule has 0 aliphatic carbocycles. The summed E-state index contributed by atoms with van der Waals surface area (Å²) in [5, 5.41) is 0. The summed E-state index contributed by atoms with van der Waals surface area (Å²) >= 11 is 0. The molecule has 3 nitrogen and oxygen atoms in total. The van der Waals surface area contributed by atoms with Gasteiger partial charge in [0, 0.05) is 11.5 Å². The molecule has 2 rings (SSSR count). The molecule has 0 amide bonds. The van der Waals surface area contributed by atoms with Crippen molar-refractivity contribution in [2.24, 2.45) is 5.92 Å². The molecule has 0 aromatic heterocycles. The second-order valence-corrected chi connectivity index (χ2v) is 6.34. The Hall–Kier alpha value is -1.35. The number of hydrogen-bond donors (Lipinski definition) is 1. The van der Waals surface area contributed by atoms with Gasteiger partial charge < -0.3 is 9.64 Å². The Balaban J connectivity index is 1.60. The SMILES string of the molecule is CC(=O)c1ccc(OCCCC[NH+]2CCC[C@@H](C)C2)cc1. The van der Waals surface area contributed by atoms with Crippen LogP contribution in [0.4, 0.5) is 0 Å². The van der Waals surface area contributed by atoms with Crippen LogP contribution in [0.3, 0.4) is 0 Å². The number of quaternary nitrogens is 1. The van der Waals surface area contributed by atoms with E-state index < -0.39 is 0 Å². The third-order valence-corrected chi connectivity index (χ3v) is 4.32. The van der Waals surface area contributed by atoms with Crippen molar-refractivity contribution in [2.45, 2.75) is 39.5 Å². The number of ketones is 1. The molecule has 0 spiro atoms. The Kier molecular flexibility index (Phi) is 6.24. The minimum atomic E-state index is 0.0975. The summed E-state index contributed by atoms with van der Waals surface area (Å²) in [5.74, 6) is 1.85. The molecule has 1 saturated heterocycles. The smallest absolute Gasteiger partial charge is 0.159 e. The van der Waals surface area contributed by atoms with Gasteiger partial charge in [-0.25, -0.2) is 0 Å². The van der Waals surface area contributed by atoms with Crippen molar-refractivity contribution < 1.29 is 14.4 Å². The Morgan fingerprint density at radius 2 is 2.05 bits per heavy atom. The molecule has 2 atom stereocenters. The van der Waals surface area contributed by atoms with Crippen molar-refractivity contribution in [3.05, 3.63) is 29.8 Å². The van der Waals surface area contributed by atoms with Crippen molar-refractivity contribution in [1.29, 1.82) is 0 Å². The minimum Gasteiger partial charge on any atom is -0.494 e. The van der Waals surface area contributed by atoms with E-state index in [0.29, 0.717) is 0 Å². The molecule has 1 aromatic carbocycles. The van der Waals surface area contributed by atoms with Crippen LogP contribution < -0.4 is 9.64 Å². The monoisotopic (exact) mass is 290 g/mol. The first-order chi connectivity index (χ1) is 10.1. The Labute approximate surface area is 128 Å². The van der Waals surface area contributed by atoms with E-state index in [0.717, 1.165) is 30.3 Å². The predicted molar refractivity (Wildman–Crippen MR) is 85.1 cm³/mol. The molecule has 1 N–H and O–H groups in total. The first kappa shape index (κ1) is 16.0. The lowest BCUT2D eigenvalue weighted by Crippen LogP contribution is -3.13. The molecule has 3 heteroatoms. The van der Waals surface area contributed by atoms with Gasteiger partial charge in [0.05, 0.1) is 26.2 Å². The molecule has 1 fully saturated rings. The van der Waals surface area contributed by atoms with E-state index in [-0.39, 0.29) is 5.78 Å². The molecule has 1 aliphatic rings. The number of hydrogen-bond acceptors (Lipinski definition) is 2. The van der Waals surface area contributed by atoms with Gasteiger partial charge in [-0.2, -0.15) is 0 Å². The van der Waals surface area contributed by atoms with Gasteiger partial charge >= 0.3 is 0 Å². The van der Waals surface area contributed by atoms with Gasteiger partial charge in [-0.3, -0.25) is 4.79 Å². The van der Waals surface area contributed by atoms with Crippen LogP contribution in [0.15, 0.2) is 24.3 Å². The average Bonchev–Trinajstić information content (AvgIpc) is 2.47. The Morgan fingerprint density at radius 3 is 2.71 bits per heavy atom. The lowest BCUT2D eigenvalue weighted by molar-refractivity contribution is -0.908. The van der Waals surface area contributed by atoms with Crippen LogP contribution in [0.2, 0.25) is 0 Å². The number of carbonyl (C=O) groups excluding carboxylic acids is 1. The maximum Gasteiger partial charge on any atom is 0.159 e. The van der Waals surface area contributed by atoms with Crippen molar-refractivity contribution in [2.75, 3.05) is 26.2 Å². The molecular formula is C18H28NO2+. The summed E-state index contributed by atoms with van der Waals surface area (Å²) < 4.78 is 5.73. The number of piperidine rings is 1. The number of Topliss-reactive ketones (excluding diaryl/α,β-unsaturated/α-hetero) is 1. The van der Waals surface area contributed by atoms with Crippen LogP contribution in [-0.2, 0) is 0 Å². The second kappa shape index (κ2) is 8.18. The lowest BCUT2D eigenvalue weighted by atomic mass is 10.0. The van der Waals surface area contributed by atoms with E-state index in [9.17, 15) is 4.79 Å². The van der Waals surface area contributed by atoms with E-state index in [1.807, 2.05) is 24.3 Å². The zero-order valence-corrected chi connectivity index (χ0v) is 13.4. The van der Waals surface area contributed by atoms with E-state index in [1.165, 1.54) is 38.9 Å². The number of benzene rings is 1. The maximum absolute atomic E-state index is 11.2. The molecule has 116 valence electrons. The van der Waals surface area contributed by atoms with Gasteiger partial charge in [0.1, 0.15) is 5.75 Å². The van der Waals surface area contributed by atoms with Crippen molar-refractivity contribution >= 4 is 5.78 Å². The van der Waals surface area contributed by atoms with E-state index in [4.69, 9.17) is 4.74 Å². The fourth-order valence-corrected chi connectivity index (χ4v) is 3.08. The number of rotatable bonds is 7. The first-order valence-corrected chi connectivity index (χ1v) is 8.22. The molecule has 1 aliphatic heterocycles.